The van der Waals surface area contributed by atoms with Crippen molar-refractivity contribution in [3.05, 3.63) is 59.7 Å². The number of carboxylic acids is 1. The molecule has 18 heavy (non-hydrogen) atoms. The molecule has 0 saturated heterocycles. The van der Waals surface area contributed by atoms with E-state index in [0.717, 1.165) is 18.2 Å². The van der Waals surface area contributed by atoms with Gasteiger partial charge in [-0.3, -0.25) is 0 Å². The summed E-state index contributed by atoms with van der Waals surface area (Å²) >= 11 is 0. The Morgan fingerprint density at radius 2 is 1.50 bits per heavy atom. The van der Waals surface area contributed by atoms with E-state index in [2.05, 4.69) is 5.32 Å². The summed E-state index contributed by atoms with van der Waals surface area (Å²) in [6, 6.07) is 8.92. The first kappa shape index (κ1) is 12.0. The predicted octanol–water partition coefficient (Wildman–Crippen LogP) is 3.41. The zero-order chi connectivity index (χ0) is 13.1. The van der Waals surface area contributed by atoms with Gasteiger partial charge in [0.25, 0.3) is 0 Å². The molecule has 0 radical (unpaired) electrons. The van der Waals surface area contributed by atoms with E-state index in [1.165, 1.54) is 24.3 Å². The average molecular weight is 249 g/mol. The molecular weight excluding hydrogens is 240 g/mol. The van der Waals surface area contributed by atoms with Gasteiger partial charge in [-0.15, -0.1) is 0 Å². The average Bonchev–Trinajstić information content (AvgIpc) is 2.28. The standard InChI is InChI=1S/C13H9F2NO2/c14-9-5-10(15)7-12(6-9)16-11-3-1-8(2-4-11)13(17)18/h1-7,16H,(H,17,18). The number of aromatic carboxylic acids is 1. The third-order valence-corrected chi connectivity index (χ3v) is 2.28. The number of nitrogens with one attached hydrogen (secondary N) is 1. The maximum atomic E-state index is 12.9. The van der Waals surface area contributed by atoms with Gasteiger partial charge in [-0.2, -0.15) is 0 Å². The van der Waals surface area contributed by atoms with Crippen LogP contribution in [0.4, 0.5) is 20.2 Å². The van der Waals surface area contributed by atoms with Crippen molar-refractivity contribution in [1.82, 2.24) is 0 Å². The maximum absolute atomic E-state index is 12.9. The van der Waals surface area contributed by atoms with Crippen LogP contribution >= 0.6 is 0 Å². The van der Waals surface area contributed by atoms with Gasteiger partial charge in [-0.1, -0.05) is 0 Å². The number of carboxylic acid groups (broad SMARTS) is 1. The molecule has 92 valence electrons. The molecule has 0 atom stereocenters. The molecule has 0 saturated carbocycles. The Kier molecular flexibility index (Phi) is 3.23. The van der Waals surface area contributed by atoms with Crippen LogP contribution in [-0.2, 0) is 0 Å². The number of rotatable bonds is 3. The Bertz CT molecular complexity index is 562. The molecule has 0 amide bonds. The molecule has 2 rings (SSSR count). The summed E-state index contributed by atoms with van der Waals surface area (Å²) in [7, 11) is 0. The molecule has 2 N–H and O–H groups in total. The number of benzene rings is 2. The molecule has 0 spiro atoms. The summed E-state index contributed by atoms with van der Waals surface area (Å²) in [6.07, 6.45) is 0. The molecule has 0 aromatic heterocycles. The lowest BCUT2D eigenvalue weighted by atomic mass is 10.2. The Morgan fingerprint density at radius 3 is 2.00 bits per heavy atom. The van der Waals surface area contributed by atoms with E-state index in [9.17, 15) is 13.6 Å². The van der Waals surface area contributed by atoms with Crippen LogP contribution in [0.15, 0.2) is 42.5 Å². The van der Waals surface area contributed by atoms with Gasteiger partial charge in [0.1, 0.15) is 11.6 Å². The first-order valence-corrected chi connectivity index (χ1v) is 5.11. The molecule has 0 heterocycles. The quantitative estimate of drug-likeness (QED) is 0.876. The molecule has 2 aromatic carbocycles. The third kappa shape index (κ3) is 2.82. The van der Waals surface area contributed by atoms with Gasteiger partial charge in [0.05, 0.1) is 5.56 Å². The second-order valence-electron chi connectivity index (χ2n) is 3.67. The summed E-state index contributed by atoms with van der Waals surface area (Å²) < 4.78 is 25.9. The number of hydrogen-bond donors (Lipinski definition) is 2. The maximum Gasteiger partial charge on any atom is 0.335 e. The van der Waals surface area contributed by atoms with Crippen molar-refractivity contribution in [2.75, 3.05) is 5.32 Å². The number of carbonyl (C=O) groups is 1. The van der Waals surface area contributed by atoms with Crippen LogP contribution in [-0.4, -0.2) is 11.1 Å². The Balaban J connectivity index is 2.20. The predicted molar refractivity (Wildman–Crippen MR) is 63.0 cm³/mol. The summed E-state index contributed by atoms with van der Waals surface area (Å²) in [4.78, 5) is 10.6. The molecule has 0 aliphatic carbocycles. The van der Waals surface area contributed by atoms with Crippen molar-refractivity contribution < 1.29 is 18.7 Å². The zero-order valence-electron chi connectivity index (χ0n) is 9.15. The summed E-state index contributed by atoms with van der Waals surface area (Å²) in [5.74, 6) is -2.39. The molecule has 0 aliphatic heterocycles. The minimum absolute atomic E-state index is 0.144. The molecule has 0 bridgehead atoms. The van der Waals surface area contributed by atoms with Crippen molar-refractivity contribution in [1.29, 1.82) is 0 Å². The van der Waals surface area contributed by atoms with Gasteiger partial charge in [0.15, 0.2) is 0 Å². The molecule has 2 aromatic rings. The SMILES string of the molecule is O=C(O)c1ccc(Nc2cc(F)cc(F)c2)cc1. The van der Waals surface area contributed by atoms with Crippen molar-refractivity contribution >= 4 is 17.3 Å². The minimum Gasteiger partial charge on any atom is -0.478 e. The van der Waals surface area contributed by atoms with Gasteiger partial charge in [-0.05, 0) is 36.4 Å². The van der Waals surface area contributed by atoms with E-state index >= 15 is 0 Å². The summed E-state index contributed by atoms with van der Waals surface area (Å²) in [6.45, 7) is 0. The van der Waals surface area contributed by atoms with Crippen LogP contribution in [0.3, 0.4) is 0 Å². The summed E-state index contributed by atoms with van der Waals surface area (Å²) in [5.41, 5.74) is 0.951. The Morgan fingerprint density at radius 1 is 0.944 bits per heavy atom. The largest absolute Gasteiger partial charge is 0.478 e. The highest BCUT2D eigenvalue weighted by Gasteiger charge is 2.03. The fraction of sp³-hybridized carbons (Fsp3) is 0. The van der Waals surface area contributed by atoms with Gasteiger partial charge in [0, 0.05) is 17.4 Å². The van der Waals surface area contributed by atoms with Crippen molar-refractivity contribution in [3.8, 4) is 0 Å². The highest BCUT2D eigenvalue weighted by molar-refractivity contribution is 5.88. The first-order valence-electron chi connectivity index (χ1n) is 5.11. The van der Waals surface area contributed by atoms with Crippen LogP contribution in [0.1, 0.15) is 10.4 Å². The monoisotopic (exact) mass is 249 g/mol. The highest BCUT2D eigenvalue weighted by atomic mass is 19.1. The number of halogens is 2. The number of hydrogen-bond acceptors (Lipinski definition) is 2. The second kappa shape index (κ2) is 4.83. The van der Waals surface area contributed by atoms with Gasteiger partial charge >= 0.3 is 5.97 Å². The van der Waals surface area contributed by atoms with E-state index in [0.29, 0.717) is 5.69 Å². The zero-order valence-corrected chi connectivity index (χ0v) is 9.15. The normalized spacial score (nSPS) is 10.1. The fourth-order valence-electron chi connectivity index (χ4n) is 1.49. The van der Waals surface area contributed by atoms with E-state index < -0.39 is 17.6 Å². The topological polar surface area (TPSA) is 49.3 Å². The second-order valence-corrected chi connectivity index (χ2v) is 3.67. The third-order valence-electron chi connectivity index (χ3n) is 2.28. The first-order chi connectivity index (χ1) is 8.54. The smallest absolute Gasteiger partial charge is 0.335 e. The van der Waals surface area contributed by atoms with Gasteiger partial charge < -0.3 is 10.4 Å². The molecule has 0 fully saturated rings. The lowest BCUT2D eigenvalue weighted by Crippen LogP contribution is -1.97. The molecule has 5 heteroatoms. The van der Waals surface area contributed by atoms with Crippen LogP contribution in [0.25, 0.3) is 0 Å². The van der Waals surface area contributed by atoms with E-state index in [4.69, 9.17) is 5.11 Å². The van der Waals surface area contributed by atoms with Gasteiger partial charge in [-0.25, -0.2) is 13.6 Å². The molecule has 3 nitrogen and oxygen atoms in total. The lowest BCUT2D eigenvalue weighted by molar-refractivity contribution is 0.0697. The van der Waals surface area contributed by atoms with Crippen LogP contribution < -0.4 is 5.32 Å². The molecule has 0 aliphatic rings. The Labute approximate surface area is 102 Å². The summed E-state index contributed by atoms with van der Waals surface area (Å²) in [5, 5.41) is 11.5. The van der Waals surface area contributed by atoms with E-state index in [1.807, 2.05) is 0 Å². The lowest BCUT2D eigenvalue weighted by Gasteiger charge is -2.07. The Hall–Kier alpha value is -2.43. The van der Waals surface area contributed by atoms with E-state index in [-0.39, 0.29) is 11.3 Å². The van der Waals surface area contributed by atoms with Crippen LogP contribution in [0.2, 0.25) is 0 Å². The fourth-order valence-corrected chi connectivity index (χ4v) is 1.49. The minimum atomic E-state index is -1.03. The van der Waals surface area contributed by atoms with Crippen LogP contribution in [0, 0.1) is 11.6 Å². The van der Waals surface area contributed by atoms with Crippen molar-refractivity contribution in [2.24, 2.45) is 0 Å². The van der Waals surface area contributed by atoms with Gasteiger partial charge in [0.2, 0.25) is 0 Å². The molecule has 0 unspecified atom stereocenters. The van der Waals surface area contributed by atoms with Crippen molar-refractivity contribution in [3.63, 3.8) is 0 Å². The van der Waals surface area contributed by atoms with Crippen molar-refractivity contribution in [2.45, 2.75) is 0 Å². The highest BCUT2D eigenvalue weighted by Crippen LogP contribution is 2.19. The van der Waals surface area contributed by atoms with E-state index in [1.54, 1.807) is 0 Å². The van der Waals surface area contributed by atoms with Crippen LogP contribution in [0.5, 0.6) is 0 Å². The molecular formula is C13H9F2NO2. The number of anilines is 2.